The minimum atomic E-state index is -0.304. The van der Waals surface area contributed by atoms with E-state index in [0.717, 1.165) is 16.5 Å². The number of carbonyl (C=O) groups excluding carboxylic acids is 1. The zero-order valence-corrected chi connectivity index (χ0v) is 11.9. The van der Waals surface area contributed by atoms with E-state index >= 15 is 0 Å². The molecule has 0 radical (unpaired) electrons. The maximum Gasteiger partial charge on any atom is 0.325 e. The Morgan fingerprint density at radius 2 is 2.14 bits per heavy atom. The van der Waals surface area contributed by atoms with Crippen LogP contribution >= 0.6 is 0 Å². The molecule has 3 rings (SSSR count). The maximum atomic E-state index is 11.5. The Balaban J connectivity index is 2.12. The highest BCUT2D eigenvalue weighted by Gasteiger charge is 2.16. The molecule has 21 heavy (non-hydrogen) atoms. The van der Waals surface area contributed by atoms with Crippen molar-refractivity contribution in [1.82, 2.24) is 14.8 Å². The number of hydrogen-bond donors (Lipinski definition) is 0. The standard InChI is InChI=1S/C15H15N3O3/c1-3-13-16-17-15(21-13)11-8-18(9-14(19)20-2)12-7-5-4-6-10(11)12/h4-8H,3,9H2,1-2H3. The van der Waals surface area contributed by atoms with Crippen molar-refractivity contribution in [2.45, 2.75) is 19.9 Å². The molecule has 1 aromatic carbocycles. The van der Waals surface area contributed by atoms with Crippen LogP contribution in [0.1, 0.15) is 12.8 Å². The van der Waals surface area contributed by atoms with Gasteiger partial charge in [0.25, 0.3) is 0 Å². The van der Waals surface area contributed by atoms with Crippen molar-refractivity contribution in [3.05, 3.63) is 36.4 Å². The Hall–Kier alpha value is -2.63. The van der Waals surface area contributed by atoms with E-state index in [4.69, 9.17) is 9.15 Å². The SMILES string of the molecule is CCc1nnc(-c2cn(CC(=O)OC)c3ccccc23)o1. The molecule has 0 amide bonds. The lowest BCUT2D eigenvalue weighted by atomic mass is 10.2. The molecule has 2 aromatic heterocycles. The average molecular weight is 285 g/mol. The number of aryl methyl sites for hydroxylation is 1. The van der Waals surface area contributed by atoms with Gasteiger partial charge in [-0.1, -0.05) is 25.1 Å². The summed E-state index contributed by atoms with van der Waals surface area (Å²) in [5.74, 6) is 0.753. The second-order valence-corrected chi connectivity index (χ2v) is 4.62. The molecule has 6 nitrogen and oxygen atoms in total. The van der Waals surface area contributed by atoms with Gasteiger partial charge in [-0.25, -0.2) is 0 Å². The van der Waals surface area contributed by atoms with Crippen LogP contribution in [0.25, 0.3) is 22.4 Å². The van der Waals surface area contributed by atoms with Crippen molar-refractivity contribution >= 4 is 16.9 Å². The largest absolute Gasteiger partial charge is 0.468 e. The highest BCUT2D eigenvalue weighted by Crippen LogP contribution is 2.29. The number of para-hydroxylation sites is 1. The van der Waals surface area contributed by atoms with Gasteiger partial charge in [-0.2, -0.15) is 0 Å². The predicted molar refractivity (Wildman–Crippen MR) is 76.6 cm³/mol. The molecule has 0 bridgehead atoms. The van der Waals surface area contributed by atoms with Crippen LogP contribution in [0.5, 0.6) is 0 Å². The molecule has 0 atom stereocenters. The summed E-state index contributed by atoms with van der Waals surface area (Å²) in [4.78, 5) is 11.5. The first-order chi connectivity index (χ1) is 10.2. The highest BCUT2D eigenvalue weighted by atomic mass is 16.5. The Morgan fingerprint density at radius 3 is 2.86 bits per heavy atom. The van der Waals surface area contributed by atoms with Gasteiger partial charge < -0.3 is 13.7 Å². The van der Waals surface area contributed by atoms with Crippen LogP contribution in [0.2, 0.25) is 0 Å². The zero-order valence-electron chi connectivity index (χ0n) is 11.9. The minimum absolute atomic E-state index is 0.145. The lowest BCUT2D eigenvalue weighted by Crippen LogP contribution is -2.10. The highest BCUT2D eigenvalue weighted by molar-refractivity contribution is 5.94. The molecule has 0 saturated heterocycles. The first kappa shape index (κ1) is 13.4. The third kappa shape index (κ3) is 2.40. The third-order valence-corrected chi connectivity index (χ3v) is 3.32. The smallest absolute Gasteiger partial charge is 0.325 e. The van der Waals surface area contributed by atoms with E-state index in [0.29, 0.717) is 18.2 Å². The van der Waals surface area contributed by atoms with Crippen LogP contribution in [-0.4, -0.2) is 27.8 Å². The summed E-state index contributed by atoms with van der Waals surface area (Å²) in [5.41, 5.74) is 1.75. The van der Waals surface area contributed by atoms with Gasteiger partial charge >= 0.3 is 5.97 Å². The number of carbonyl (C=O) groups is 1. The molecule has 0 saturated carbocycles. The maximum absolute atomic E-state index is 11.5. The van der Waals surface area contributed by atoms with Crippen LogP contribution in [-0.2, 0) is 22.5 Å². The van der Waals surface area contributed by atoms with E-state index < -0.39 is 0 Å². The van der Waals surface area contributed by atoms with E-state index in [1.807, 2.05) is 42.0 Å². The summed E-state index contributed by atoms with van der Waals surface area (Å²) in [6, 6.07) is 7.77. The summed E-state index contributed by atoms with van der Waals surface area (Å²) in [5, 5.41) is 9.03. The normalized spacial score (nSPS) is 11.0. The fourth-order valence-electron chi connectivity index (χ4n) is 2.26. The molecule has 0 aliphatic heterocycles. The molecule has 2 heterocycles. The molecule has 0 aliphatic carbocycles. The minimum Gasteiger partial charge on any atom is -0.468 e. The number of ether oxygens (including phenoxy) is 1. The molecular weight excluding hydrogens is 270 g/mol. The third-order valence-electron chi connectivity index (χ3n) is 3.32. The number of benzene rings is 1. The monoisotopic (exact) mass is 285 g/mol. The number of aromatic nitrogens is 3. The summed E-state index contributed by atoms with van der Waals surface area (Å²) >= 11 is 0. The van der Waals surface area contributed by atoms with Gasteiger partial charge in [0, 0.05) is 23.5 Å². The fraction of sp³-hybridized carbons (Fsp3) is 0.267. The average Bonchev–Trinajstić information content (AvgIpc) is 3.12. The zero-order chi connectivity index (χ0) is 14.8. The fourth-order valence-corrected chi connectivity index (χ4v) is 2.26. The lowest BCUT2D eigenvalue weighted by molar-refractivity contribution is -0.141. The topological polar surface area (TPSA) is 70.2 Å². The molecule has 0 N–H and O–H groups in total. The summed E-state index contributed by atoms with van der Waals surface area (Å²) in [7, 11) is 1.38. The van der Waals surface area contributed by atoms with Gasteiger partial charge in [-0.15, -0.1) is 10.2 Å². The quantitative estimate of drug-likeness (QED) is 0.688. The van der Waals surface area contributed by atoms with Crippen LogP contribution in [0.3, 0.4) is 0 Å². The Bertz CT molecular complexity index is 788. The van der Waals surface area contributed by atoms with Crippen LogP contribution in [0.15, 0.2) is 34.9 Å². The van der Waals surface area contributed by atoms with Gasteiger partial charge in [0.2, 0.25) is 11.8 Å². The van der Waals surface area contributed by atoms with Gasteiger partial charge in [0.05, 0.1) is 12.7 Å². The second-order valence-electron chi connectivity index (χ2n) is 4.62. The van der Waals surface area contributed by atoms with Gasteiger partial charge in [0.15, 0.2) is 0 Å². The second kappa shape index (κ2) is 5.40. The van der Waals surface area contributed by atoms with Crippen LogP contribution in [0, 0.1) is 0 Å². The first-order valence-electron chi connectivity index (χ1n) is 6.70. The van der Waals surface area contributed by atoms with Crippen molar-refractivity contribution in [3.8, 4) is 11.5 Å². The molecule has 108 valence electrons. The number of hydrogen-bond acceptors (Lipinski definition) is 5. The number of nitrogens with zero attached hydrogens (tertiary/aromatic N) is 3. The molecule has 0 aliphatic rings. The number of methoxy groups -OCH3 is 1. The van der Waals surface area contributed by atoms with E-state index in [1.54, 1.807) is 0 Å². The van der Waals surface area contributed by atoms with E-state index in [-0.39, 0.29) is 12.5 Å². The molecule has 0 spiro atoms. The Morgan fingerprint density at radius 1 is 1.33 bits per heavy atom. The number of fused-ring (bicyclic) bond motifs is 1. The molecule has 0 fully saturated rings. The van der Waals surface area contributed by atoms with Crippen molar-refractivity contribution < 1.29 is 13.9 Å². The Labute approximate surface area is 121 Å². The summed E-state index contributed by atoms with van der Waals surface area (Å²) in [6.45, 7) is 2.10. The first-order valence-corrected chi connectivity index (χ1v) is 6.70. The number of esters is 1. The summed E-state index contributed by atoms with van der Waals surface area (Å²) < 4.78 is 12.2. The van der Waals surface area contributed by atoms with Crippen molar-refractivity contribution in [2.75, 3.05) is 7.11 Å². The number of rotatable bonds is 4. The van der Waals surface area contributed by atoms with Crippen molar-refractivity contribution in [1.29, 1.82) is 0 Å². The van der Waals surface area contributed by atoms with Crippen LogP contribution < -0.4 is 0 Å². The lowest BCUT2D eigenvalue weighted by Gasteiger charge is -2.02. The van der Waals surface area contributed by atoms with E-state index in [9.17, 15) is 4.79 Å². The summed E-state index contributed by atoms with van der Waals surface area (Å²) in [6.07, 6.45) is 2.53. The predicted octanol–water partition coefficient (Wildman–Crippen LogP) is 2.43. The van der Waals surface area contributed by atoms with E-state index in [2.05, 4.69) is 10.2 Å². The van der Waals surface area contributed by atoms with Crippen LogP contribution in [0.4, 0.5) is 0 Å². The molecule has 3 aromatic rings. The molecule has 0 unspecified atom stereocenters. The molecular formula is C15H15N3O3. The molecule has 6 heteroatoms. The van der Waals surface area contributed by atoms with Gasteiger partial charge in [-0.05, 0) is 6.07 Å². The van der Waals surface area contributed by atoms with Crippen molar-refractivity contribution in [2.24, 2.45) is 0 Å². The van der Waals surface area contributed by atoms with Gasteiger partial charge in [0.1, 0.15) is 6.54 Å². The van der Waals surface area contributed by atoms with E-state index in [1.165, 1.54) is 7.11 Å². The van der Waals surface area contributed by atoms with Gasteiger partial charge in [-0.3, -0.25) is 4.79 Å². The Kier molecular flexibility index (Phi) is 3.43. The van der Waals surface area contributed by atoms with Crippen molar-refractivity contribution in [3.63, 3.8) is 0 Å².